The van der Waals surface area contributed by atoms with Gasteiger partial charge in [-0.2, -0.15) is 0 Å². The summed E-state index contributed by atoms with van der Waals surface area (Å²) in [7, 11) is 0. The predicted molar refractivity (Wildman–Crippen MR) is 48.4 cm³/mol. The molecule has 60 valence electrons. The van der Waals surface area contributed by atoms with Gasteiger partial charge in [0.1, 0.15) is 0 Å². The van der Waals surface area contributed by atoms with Gasteiger partial charge in [-0.1, -0.05) is 36.8 Å². The molecule has 1 rings (SSSR count). The predicted octanol–water partition coefficient (Wildman–Crippen LogP) is 2.40. The zero-order chi connectivity index (χ0) is 8.27. The Labute approximate surface area is 68.2 Å². The van der Waals surface area contributed by atoms with Gasteiger partial charge in [-0.25, -0.2) is 0 Å². The van der Waals surface area contributed by atoms with E-state index in [2.05, 4.69) is 38.1 Å². The molecule has 0 saturated carbocycles. The summed E-state index contributed by atoms with van der Waals surface area (Å²) in [6, 6.07) is 8.58. The molecule has 11 heavy (non-hydrogen) atoms. The van der Waals surface area contributed by atoms with E-state index in [0.717, 1.165) is 6.42 Å². The highest BCUT2D eigenvalue weighted by atomic mass is 14.6. The van der Waals surface area contributed by atoms with Gasteiger partial charge < -0.3 is 5.73 Å². The average molecular weight is 149 g/mol. The molecule has 2 N–H and O–H groups in total. The Kier molecular flexibility index (Phi) is 2.66. The summed E-state index contributed by atoms with van der Waals surface area (Å²) in [4.78, 5) is 0. The van der Waals surface area contributed by atoms with Crippen LogP contribution in [0.4, 0.5) is 0 Å². The van der Waals surface area contributed by atoms with E-state index in [1.54, 1.807) is 0 Å². The molecule has 0 unspecified atom stereocenters. The highest BCUT2D eigenvalue weighted by Crippen LogP contribution is 2.14. The van der Waals surface area contributed by atoms with Crippen molar-refractivity contribution in [1.82, 2.24) is 0 Å². The van der Waals surface area contributed by atoms with E-state index >= 15 is 0 Å². The van der Waals surface area contributed by atoms with Gasteiger partial charge in [0.05, 0.1) is 0 Å². The number of aryl methyl sites for hydroxylation is 1. The third-order valence-electron chi connectivity index (χ3n) is 1.91. The molecule has 1 nitrogen and oxygen atoms in total. The van der Waals surface area contributed by atoms with E-state index in [0.29, 0.717) is 0 Å². The first kappa shape index (κ1) is 8.28. The summed E-state index contributed by atoms with van der Waals surface area (Å²) in [5.74, 6) is 0. The first-order valence-corrected chi connectivity index (χ1v) is 4.06. The minimum absolute atomic E-state index is 0.204. The van der Waals surface area contributed by atoms with Crippen LogP contribution in [0, 0.1) is 6.92 Å². The van der Waals surface area contributed by atoms with Crippen molar-refractivity contribution in [2.45, 2.75) is 26.3 Å². The molecule has 0 bridgehead atoms. The van der Waals surface area contributed by atoms with E-state index in [4.69, 9.17) is 5.73 Å². The zero-order valence-corrected chi connectivity index (χ0v) is 7.17. The third kappa shape index (κ3) is 2.05. The molecule has 1 aromatic carbocycles. The summed E-state index contributed by atoms with van der Waals surface area (Å²) < 4.78 is 0. The Hall–Kier alpha value is -0.820. The largest absolute Gasteiger partial charge is 0.324 e. The van der Waals surface area contributed by atoms with Crippen molar-refractivity contribution in [2.24, 2.45) is 5.73 Å². The second-order valence-corrected chi connectivity index (χ2v) is 2.93. The van der Waals surface area contributed by atoms with Crippen molar-refractivity contribution in [2.75, 3.05) is 0 Å². The molecule has 0 spiro atoms. The van der Waals surface area contributed by atoms with Crippen LogP contribution in [0.1, 0.15) is 30.5 Å². The number of rotatable bonds is 2. The zero-order valence-electron chi connectivity index (χ0n) is 7.17. The molecule has 1 atom stereocenters. The maximum atomic E-state index is 5.86. The lowest BCUT2D eigenvalue weighted by Crippen LogP contribution is -2.08. The smallest absolute Gasteiger partial charge is 0.0292 e. The lowest BCUT2D eigenvalue weighted by atomic mass is 10.0. The highest BCUT2D eigenvalue weighted by Gasteiger charge is 2.01. The Morgan fingerprint density at radius 2 is 2.18 bits per heavy atom. The summed E-state index contributed by atoms with van der Waals surface area (Å²) in [5.41, 5.74) is 8.39. The Morgan fingerprint density at radius 3 is 2.73 bits per heavy atom. The van der Waals surface area contributed by atoms with Crippen LogP contribution in [0.3, 0.4) is 0 Å². The van der Waals surface area contributed by atoms with Crippen LogP contribution in [-0.4, -0.2) is 0 Å². The molecule has 0 fully saturated rings. The van der Waals surface area contributed by atoms with Crippen LogP contribution in [0.2, 0.25) is 0 Å². The van der Waals surface area contributed by atoms with Gasteiger partial charge in [-0.05, 0) is 18.9 Å². The number of hydrogen-bond acceptors (Lipinski definition) is 1. The van der Waals surface area contributed by atoms with Crippen molar-refractivity contribution in [3.8, 4) is 0 Å². The molecule has 0 aliphatic carbocycles. The van der Waals surface area contributed by atoms with Gasteiger partial charge in [0.25, 0.3) is 0 Å². The maximum absolute atomic E-state index is 5.86. The topological polar surface area (TPSA) is 26.0 Å². The van der Waals surface area contributed by atoms with Crippen LogP contribution in [0.5, 0.6) is 0 Å². The van der Waals surface area contributed by atoms with Crippen molar-refractivity contribution < 1.29 is 0 Å². The second-order valence-electron chi connectivity index (χ2n) is 2.93. The van der Waals surface area contributed by atoms with Crippen molar-refractivity contribution in [3.05, 3.63) is 35.4 Å². The van der Waals surface area contributed by atoms with Crippen molar-refractivity contribution in [3.63, 3.8) is 0 Å². The molecule has 0 aliphatic rings. The van der Waals surface area contributed by atoms with Gasteiger partial charge >= 0.3 is 0 Å². The van der Waals surface area contributed by atoms with Crippen LogP contribution >= 0.6 is 0 Å². The van der Waals surface area contributed by atoms with Crippen LogP contribution in [-0.2, 0) is 0 Å². The molecule has 0 saturated heterocycles. The van der Waals surface area contributed by atoms with Gasteiger partial charge in [0.15, 0.2) is 0 Å². The van der Waals surface area contributed by atoms with Gasteiger partial charge in [-0.3, -0.25) is 0 Å². The van der Waals surface area contributed by atoms with Crippen LogP contribution in [0.15, 0.2) is 24.3 Å². The second kappa shape index (κ2) is 3.54. The minimum Gasteiger partial charge on any atom is -0.324 e. The standard InChI is InChI=1S/C10H15N/c1-3-10(11)9-6-4-5-8(2)7-9/h4-7,10H,3,11H2,1-2H3/t10-/m1/s1. The van der Waals surface area contributed by atoms with Gasteiger partial charge in [0.2, 0.25) is 0 Å². The van der Waals surface area contributed by atoms with E-state index in [1.165, 1.54) is 11.1 Å². The molecule has 1 aromatic rings. The molecular formula is C10H15N. The number of hydrogen-bond donors (Lipinski definition) is 1. The van der Waals surface area contributed by atoms with Gasteiger partial charge in [-0.15, -0.1) is 0 Å². The van der Waals surface area contributed by atoms with E-state index < -0.39 is 0 Å². The third-order valence-corrected chi connectivity index (χ3v) is 1.91. The Bertz CT molecular complexity index is 230. The molecule has 0 amide bonds. The van der Waals surface area contributed by atoms with Gasteiger partial charge in [0, 0.05) is 6.04 Å². The van der Waals surface area contributed by atoms with E-state index in [-0.39, 0.29) is 6.04 Å². The van der Waals surface area contributed by atoms with E-state index in [1.807, 2.05) is 0 Å². The van der Waals surface area contributed by atoms with E-state index in [9.17, 15) is 0 Å². The monoisotopic (exact) mass is 149 g/mol. The Morgan fingerprint density at radius 1 is 1.45 bits per heavy atom. The first-order chi connectivity index (χ1) is 5.24. The minimum atomic E-state index is 0.204. The lowest BCUT2D eigenvalue weighted by Gasteiger charge is -2.08. The fourth-order valence-electron chi connectivity index (χ4n) is 1.14. The molecular weight excluding hydrogens is 134 g/mol. The normalized spacial score (nSPS) is 13.0. The number of nitrogens with two attached hydrogens (primary N) is 1. The highest BCUT2D eigenvalue weighted by molar-refractivity contribution is 5.24. The fourth-order valence-corrected chi connectivity index (χ4v) is 1.14. The summed E-state index contributed by atoms with van der Waals surface area (Å²) in [5, 5.41) is 0. The lowest BCUT2D eigenvalue weighted by molar-refractivity contribution is 0.698. The first-order valence-electron chi connectivity index (χ1n) is 4.06. The molecule has 0 aliphatic heterocycles. The summed E-state index contributed by atoms with van der Waals surface area (Å²) in [6.45, 7) is 4.19. The SMILES string of the molecule is CC[C@@H](N)c1cccc(C)c1. The quantitative estimate of drug-likeness (QED) is 0.686. The van der Waals surface area contributed by atoms with Crippen LogP contribution in [0.25, 0.3) is 0 Å². The maximum Gasteiger partial charge on any atom is 0.0292 e. The Balaban J connectivity index is 2.86. The molecule has 0 radical (unpaired) electrons. The summed E-state index contributed by atoms with van der Waals surface area (Å²) in [6.07, 6.45) is 1.00. The molecule has 0 heterocycles. The van der Waals surface area contributed by atoms with Crippen molar-refractivity contribution >= 4 is 0 Å². The average Bonchev–Trinajstić information content (AvgIpc) is 2.03. The number of benzene rings is 1. The molecule has 0 aromatic heterocycles. The summed E-state index contributed by atoms with van der Waals surface area (Å²) >= 11 is 0. The van der Waals surface area contributed by atoms with Crippen molar-refractivity contribution in [1.29, 1.82) is 0 Å². The van der Waals surface area contributed by atoms with Crippen LogP contribution < -0.4 is 5.73 Å². The fraction of sp³-hybridized carbons (Fsp3) is 0.400. The molecule has 1 heteroatoms.